The predicted molar refractivity (Wildman–Crippen MR) is 93.8 cm³/mol. The molecule has 1 heterocycles. The van der Waals surface area contributed by atoms with Crippen molar-refractivity contribution < 1.29 is 14.3 Å². The molecule has 0 radical (unpaired) electrons. The molecule has 24 heavy (non-hydrogen) atoms. The summed E-state index contributed by atoms with van der Waals surface area (Å²) in [4.78, 5) is 17.5. The van der Waals surface area contributed by atoms with Crippen LogP contribution >= 0.6 is 11.3 Å². The fraction of sp³-hybridized carbons (Fsp3) is 0.158. The maximum Gasteiger partial charge on any atom is 0.338 e. The molecule has 0 amide bonds. The van der Waals surface area contributed by atoms with Crippen LogP contribution < -0.4 is 0 Å². The minimum atomic E-state index is -0.345. The molecule has 2 aromatic carbocycles. The summed E-state index contributed by atoms with van der Waals surface area (Å²) in [6.07, 6.45) is 1.75. The summed E-state index contributed by atoms with van der Waals surface area (Å²) in [5.41, 5.74) is 2.53. The molecule has 1 aromatic heterocycles. The molecule has 122 valence electrons. The lowest BCUT2D eigenvalue weighted by molar-refractivity contribution is 0.0476. The van der Waals surface area contributed by atoms with Crippen LogP contribution in [0.3, 0.4) is 0 Å². The third-order valence-corrected chi connectivity index (χ3v) is 4.41. The lowest BCUT2D eigenvalue weighted by atomic mass is 10.1. The maximum atomic E-state index is 12.2. The van der Waals surface area contributed by atoms with Gasteiger partial charge in [0, 0.05) is 18.9 Å². The summed E-state index contributed by atoms with van der Waals surface area (Å²) in [6.45, 7) is 0.689. The fourth-order valence-electron chi connectivity index (χ4n) is 2.26. The van der Waals surface area contributed by atoms with E-state index < -0.39 is 0 Å². The van der Waals surface area contributed by atoms with Gasteiger partial charge in [-0.15, -0.1) is 11.3 Å². The van der Waals surface area contributed by atoms with Gasteiger partial charge in [-0.05, 0) is 17.7 Å². The van der Waals surface area contributed by atoms with Gasteiger partial charge in [-0.3, -0.25) is 0 Å². The third kappa shape index (κ3) is 4.07. The Morgan fingerprint density at radius 2 is 1.92 bits per heavy atom. The molecule has 0 aliphatic heterocycles. The highest BCUT2D eigenvalue weighted by molar-refractivity contribution is 7.15. The van der Waals surface area contributed by atoms with Crippen molar-refractivity contribution in [2.45, 2.75) is 13.2 Å². The molecule has 4 nitrogen and oxygen atoms in total. The van der Waals surface area contributed by atoms with Gasteiger partial charge < -0.3 is 9.47 Å². The van der Waals surface area contributed by atoms with Gasteiger partial charge >= 0.3 is 5.97 Å². The van der Waals surface area contributed by atoms with E-state index in [2.05, 4.69) is 4.98 Å². The monoisotopic (exact) mass is 339 g/mol. The van der Waals surface area contributed by atoms with E-state index in [1.54, 1.807) is 25.4 Å². The molecule has 0 saturated heterocycles. The first kappa shape index (κ1) is 16.4. The standard InChI is InChI=1S/C19H17NO3S/c1-22-12-14-6-5-9-16(10-14)19(21)23-13-17-11-20-18(24-17)15-7-3-2-4-8-15/h2-11H,12-13H2,1H3. The molecule has 0 spiro atoms. The first-order valence-electron chi connectivity index (χ1n) is 7.51. The Kier molecular flexibility index (Phi) is 5.36. The average Bonchev–Trinajstić information content (AvgIpc) is 3.10. The second kappa shape index (κ2) is 7.86. The number of methoxy groups -OCH3 is 1. The molecule has 0 aliphatic rings. The van der Waals surface area contributed by atoms with E-state index in [0.717, 1.165) is 21.0 Å². The molecular weight excluding hydrogens is 322 g/mol. The summed E-state index contributed by atoms with van der Waals surface area (Å²) in [7, 11) is 1.62. The molecule has 0 bridgehead atoms. The summed E-state index contributed by atoms with van der Waals surface area (Å²) < 4.78 is 10.5. The van der Waals surface area contributed by atoms with E-state index in [4.69, 9.17) is 9.47 Å². The van der Waals surface area contributed by atoms with Crippen LogP contribution in [0.1, 0.15) is 20.8 Å². The molecule has 0 atom stereocenters. The van der Waals surface area contributed by atoms with E-state index in [9.17, 15) is 4.79 Å². The van der Waals surface area contributed by atoms with Crippen molar-refractivity contribution in [2.24, 2.45) is 0 Å². The number of nitrogens with zero attached hydrogens (tertiary/aromatic N) is 1. The maximum absolute atomic E-state index is 12.2. The zero-order valence-electron chi connectivity index (χ0n) is 13.3. The highest BCUT2D eigenvalue weighted by atomic mass is 32.1. The second-order valence-electron chi connectivity index (χ2n) is 5.21. The number of hydrogen-bond acceptors (Lipinski definition) is 5. The van der Waals surface area contributed by atoms with Crippen molar-refractivity contribution in [3.8, 4) is 10.6 Å². The quantitative estimate of drug-likeness (QED) is 0.628. The number of hydrogen-bond donors (Lipinski definition) is 0. The van der Waals surface area contributed by atoms with Crippen LogP contribution in [-0.2, 0) is 22.7 Å². The van der Waals surface area contributed by atoms with Gasteiger partial charge in [0.15, 0.2) is 0 Å². The Labute approximate surface area is 144 Å². The molecule has 0 fully saturated rings. The SMILES string of the molecule is COCc1cccc(C(=O)OCc2cnc(-c3ccccc3)s2)c1. The number of rotatable bonds is 6. The van der Waals surface area contributed by atoms with Crippen LogP contribution in [0.15, 0.2) is 60.8 Å². The van der Waals surface area contributed by atoms with E-state index in [-0.39, 0.29) is 12.6 Å². The van der Waals surface area contributed by atoms with Gasteiger partial charge in [-0.2, -0.15) is 0 Å². The summed E-state index contributed by atoms with van der Waals surface area (Å²) >= 11 is 1.53. The molecule has 0 unspecified atom stereocenters. The molecule has 3 aromatic rings. The van der Waals surface area contributed by atoms with E-state index in [1.807, 2.05) is 42.5 Å². The van der Waals surface area contributed by atoms with E-state index >= 15 is 0 Å². The third-order valence-electron chi connectivity index (χ3n) is 3.39. The molecule has 3 rings (SSSR count). The fourth-order valence-corrected chi connectivity index (χ4v) is 3.09. The zero-order valence-corrected chi connectivity index (χ0v) is 14.1. The lowest BCUT2D eigenvalue weighted by Gasteiger charge is -2.05. The van der Waals surface area contributed by atoms with Gasteiger partial charge in [0.1, 0.15) is 11.6 Å². The van der Waals surface area contributed by atoms with Gasteiger partial charge in [-0.25, -0.2) is 9.78 Å². The first-order chi connectivity index (χ1) is 11.8. The molecular formula is C19H17NO3S. The van der Waals surface area contributed by atoms with Crippen LogP contribution in [0.5, 0.6) is 0 Å². The lowest BCUT2D eigenvalue weighted by Crippen LogP contribution is -2.05. The van der Waals surface area contributed by atoms with Crippen molar-refractivity contribution in [3.63, 3.8) is 0 Å². The molecule has 0 N–H and O–H groups in total. The number of carbonyl (C=O) groups excluding carboxylic acids is 1. The van der Waals surface area contributed by atoms with Crippen molar-refractivity contribution >= 4 is 17.3 Å². The van der Waals surface area contributed by atoms with Crippen LogP contribution in [0.2, 0.25) is 0 Å². The minimum absolute atomic E-state index is 0.220. The van der Waals surface area contributed by atoms with Crippen LogP contribution in [0.25, 0.3) is 10.6 Å². The van der Waals surface area contributed by atoms with E-state index in [0.29, 0.717) is 12.2 Å². The van der Waals surface area contributed by atoms with Crippen molar-refractivity contribution in [3.05, 3.63) is 76.8 Å². The molecule has 0 saturated carbocycles. The number of thiazole rings is 1. The Morgan fingerprint density at radius 3 is 2.71 bits per heavy atom. The van der Waals surface area contributed by atoms with Crippen molar-refractivity contribution in [1.82, 2.24) is 4.98 Å². The summed E-state index contributed by atoms with van der Waals surface area (Å²) in [6, 6.07) is 17.2. The van der Waals surface area contributed by atoms with Gasteiger partial charge in [-0.1, -0.05) is 42.5 Å². The van der Waals surface area contributed by atoms with Crippen molar-refractivity contribution in [2.75, 3.05) is 7.11 Å². The largest absolute Gasteiger partial charge is 0.456 e. The smallest absolute Gasteiger partial charge is 0.338 e. The van der Waals surface area contributed by atoms with Crippen LogP contribution in [-0.4, -0.2) is 18.1 Å². The Morgan fingerprint density at radius 1 is 1.08 bits per heavy atom. The first-order valence-corrected chi connectivity index (χ1v) is 8.33. The topological polar surface area (TPSA) is 48.4 Å². The zero-order chi connectivity index (χ0) is 16.8. The highest BCUT2D eigenvalue weighted by Crippen LogP contribution is 2.25. The highest BCUT2D eigenvalue weighted by Gasteiger charge is 2.10. The Hall–Kier alpha value is -2.50. The second-order valence-corrected chi connectivity index (χ2v) is 6.32. The van der Waals surface area contributed by atoms with Crippen molar-refractivity contribution in [1.29, 1.82) is 0 Å². The molecule has 5 heteroatoms. The van der Waals surface area contributed by atoms with Gasteiger partial charge in [0.25, 0.3) is 0 Å². The number of ether oxygens (including phenoxy) is 2. The van der Waals surface area contributed by atoms with E-state index in [1.165, 1.54) is 11.3 Å². The number of esters is 1. The Bertz CT molecular complexity index is 814. The number of benzene rings is 2. The summed E-state index contributed by atoms with van der Waals surface area (Å²) in [5.74, 6) is -0.345. The normalized spacial score (nSPS) is 10.5. The number of carbonyl (C=O) groups is 1. The minimum Gasteiger partial charge on any atom is -0.456 e. The Balaban J connectivity index is 1.62. The summed E-state index contributed by atoms with van der Waals surface area (Å²) in [5, 5.41) is 0.920. The number of aromatic nitrogens is 1. The molecule has 0 aliphatic carbocycles. The van der Waals surface area contributed by atoms with Crippen LogP contribution in [0.4, 0.5) is 0 Å². The van der Waals surface area contributed by atoms with Gasteiger partial charge in [0.2, 0.25) is 0 Å². The predicted octanol–water partition coefficient (Wildman–Crippen LogP) is 4.31. The van der Waals surface area contributed by atoms with Gasteiger partial charge in [0.05, 0.1) is 17.0 Å². The average molecular weight is 339 g/mol. The van der Waals surface area contributed by atoms with Crippen LogP contribution in [0, 0.1) is 0 Å².